The first-order chi connectivity index (χ1) is 26.6. The fourth-order valence-corrected chi connectivity index (χ4v) is 7.78. The molecule has 8 aromatic rings. The Labute approximate surface area is 317 Å². The lowest BCUT2D eigenvalue weighted by atomic mass is 9.93. The van der Waals surface area contributed by atoms with E-state index >= 15 is 0 Å². The molecule has 0 N–H and O–H groups in total. The van der Waals surface area contributed by atoms with Crippen molar-refractivity contribution >= 4 is 27.9 Å². The van der Waals surface area contributed by atoms with Gasteiger partial charge in [0.05, 0.1) is 11.2 Å². The Kier molecular flexibility index (Phi) is 8.70. The largest absolute Gasteiger partial charge is 0.345 e. The van der Waals surface area contributed by atoms with Crippen molar-refractivity contribution in [2.24, 2.45) is 0 Å². The minimum atomic E-state index is 0.816. The van der Waals surface area contributed by atoms with Crippen LogP contribution in [-0.2, 0) is 6.42 Å². The Morgan fingerprint density at radius 3 is 1.80 bits per heavy atom. The summed E-state index contributed by atoms with van der Waals surface area (Å²) < 4.78 is 2.48. The Balaban J connectivity index is 1.16. The zero-order chi connectivity index (χ0) is 36.4. The van der Waals surface area contributed by atoms with Gasteiger partial charge in [0.25, 0.3) is 0 Å². The van der Waals surface area contributed by atoms with Crippen molar-refractivity contribution in [3.05, 3.63) is 218 Å². The summed E-state index contributed by atoms with van der Waals surface area (Å²) in [5, 5.41) is 1.26. The molecule has 7 aromatic carbocycles. The molecule has 0 bridgehead atoms. The van der Waals surface area contributed by atoms with E-state index in [1.807, 2.05) is 0 Å². The summed E-state index contributed by atoms with van der Waals surface area (Å²) in [6.07, 6.45) is 9.44. The van der Waals surface area contributed by atoms with Crippen molar-refractivity contribution < 1.29 is 0 Å². The Bertz CT molecular complexity index is 2680. The first kappa shape index (κ1) is 33.0. The third kappa shape index (κ3) is 6.18. The Morgan fingerprint density at radius 2 is 1.06 bits per heavy atom. The zero-order valence-electron chi connectivity index (χ0n) is 30.4. The van der Waals surface area contributed by atoms with Gasteiger partial charge >= 0.3 is 0 Å². The van der Waals surface area contributed by atoms with Crippen LogP contribution in [0.3, 0.4) is 0 Å². The summed E-state index contributed by atoms with van der Waals surface area (Å²) in [7, 11) is 2.11. The van der Waals surface area contributed by atoms with Crippen LogP contribution in [-0.4, -0.2) is 11.6 Å². The first-order valence-corrected chi connectivity index (χ1v) is 18.6. The molecule has 258 valence electrons. The minimum absolute atomic E-state index is 0.816. The van der Waals surface area contributed by atoms with E-state index in [1.165, 1.54) is 66.8 Å². The van der Waals surface area contributed by atoms with Crippen LogP contribution in [0.15, 0.2) is 207 Å². The molecule has 0 amide bonds. The average Bonchev–Trinajstić information content (AvgIpc) is 3.57. The maximum absolute atomic E-state index is 4.49. The van der Waals surface area contributed by atoms with Crippen LogP contribution in [0.2, 0.25) is 0 Å². The average molecular weight is 693 g/mol. The molecule has 0 fully saturated rings. The van der Waals surface area contributed by atoms with E-state index in [-0.39, 0.29) is 0 Å². The van der Waals surface area contributed by atoms with Crippen molar-refractivity contribution in [1.82, 2.24) is 4.57 Å². The second-order valence-corrected chi connectivity index (χ2v) is 13.9. The van der Waals surface area contributed by atoms with E-state index in [0.717, 1.165) is 28.9 Å². The number of para-hydroxylation sites is 1. The van der Waals surface area contributed by atoms with Crippen molar-refractivity contribution in [1.29, 1.82) is 0 Å². The molecule has 2 nitrogen and oxygen atoms in total. The van der Waals surface area contributed by atoms with E-state index < -0.39 is 0 Å². The van der Waals surface area contributed by atoms with Gasteiger partial charge in [0.15, 0.2) is 0 Å². The van der Waals surface area contributed by atoms with Crippen molar-refractivity contribution in [2.45, 2.75) is 6.42 Å². The summed E-state index contributed by atoms with van der Waals surface area (Å²) >= 11 is 0. The molecule has 9 rings (SSSR count). The number of allylic oxidation sites excluding steroid dienone is 5. The summed E-state index contributed by atoms with van der Waals surface area (Å²) in [6, 6.07) is 63.5. The van der Waals surface area contributed by atoms with Crippen LogP contribution in [0.1, 0.15) is 11.1 Å². The molecule has 54 heavy (non-hydrogen) atoms. The molecule has 1 aliphatic carbocycles. The van der Waals surface area contributed by atoms with Gasteiger partial charge in [-0.15, -0.1) is 0 Å². The quantitative estimate of drug-likeness (QED) is 0.168. The van der Waals surface area contributed by atoms with Crippen LogP contribution >= 0.6 is 0 Å². The Hall–Kier alpha value is -6.90. The lowest BCUT2D eigenvalue weighted by Gasteiger charge is -2.19. The highest BCUT2D eigenvalue weighted by Crippen LogP contribution is 2.42. The number of anilines is 2. The number of fused-ring (bicyclic) bond motifs is 5. The topological polar surface area (TPSA) is 8.17 Å². The molecule has 1 heterocycles. The van der Waals surface area contributed by atoms with Gasteiger partial charge in [-0.25, -0.2) is 0 Å². The van der Waals surface area contributed by atoms with Gasteiger partial charge in [0.2, 0.25) is 0 Å². The molecular formula is C52H40N2. The SMILES string of the molecule is C=C1/C=C\C=C/Cc2c(n(-c3cccc(-c4ccccc4)c3)c3cc(-c4ccc(-c5ccc(N(C)c6ccccc6)cc5)cc4)ccc23)-c2ccccc21. The third-order valence-electron chi connectivity index (χ3n) is 10.6. The van der Waals surface area contributed by atoms with Crippen molar-refractivity contribution in [3.8, 4) is 50.3 Å². The summed E-state index contributed by atoms with van der Waals surface area (Å²) in [5.74, 6) is 0. The predicted octanol–water partition coefficient (Wildman–Crippen LogP) is 13.7. The molecule has 0 unspecified atom stereocenters. The smallest absolute Gasteiger partial charge is 0.0582 e. The monoisotopic (exact) mass is 692 g/mol. The maximum Gasteiger partial charge on any atom is 0.0582 e. The van der Waals surface area contributed by atoms with Gasteiger partial charge in [-0.05, 0) is 99.0 Å². The Morgan fingerprint density at radius 1 is 0.500 bits per heavy atom. The predicted molar refractivity (Wildman–Crippen MR) is 231 cm³/mol. The summed E-state index contributed by atoms with van der Waals surface area (Å²) in [5.41, 5.74) is 17.6. The molecule has 0 radical (unpaired) electrons. The fraction of sp³-hybridized carbons (Fsp3) is 0.0385. The lowest BCUT2D eigenvalue weighted by molar-refractivity contribution is 1.11. The minimum Gasteiger partial charge on any atom is -0.345 e. The van der Waals surface area contributed by atoms with Gasteiger partial charge in [-0.1, -0.05) is 164 Å². The highest BCUT2D eigenvalue weighted by molar-refractivity contribution is 5.99. The first-order valence-electron chi connectivity index (χ1n) is 18.6. The van der Waals surface area contributed by atoms with E-state index in [9.17, 15) is 0 Å². The van der Waals surface area contributed by atoms with E-state index in [1.54, 1.807) is 0 Å². The maximum atomic E-state index is 4.49. The van der Waals surface area contributed by atoms with Gasteiger partial charge in [-0.2, -0.15) is 0 Å². The second-order valence-electron chi connectivity index (χ2n) is 13.9. The van der Waals surface area contributed by atoms with E-state index in [4.69, 9.17) is 0 Å². The molecule has 0 saturated carbocycles. The van der Waals surface area contributed by atoms with Crippen molar-refractivity contribution in [2.75, 3.05) is 11.9 Å². The van der Waals surface area contributed by atoms with Crippen LogP contribution in [0.4, 0.5) is 11.4 Å². The zero-order valence-corrected chi connectivity index (χ0v) is 30.4. The molecule has 0 aliphatic heterocycles. The lowest BCUT2D eigenvalue weighted by Crippen LogP contribution is -2.08. The highest BCUT2D eigenvalue weighted by atomic mass is 15.1. The van der Waals surface area contributed by atoms with Crippen LogP contribution in [0.5, 0.6) is 0 Å². The summed E-state index contributed by atoms with van der Waals surface area (Å²) in [4.78, 5) is 2.21. The number of rotatable bonds is 6. The number of hydrogen-bond acceptors (Lipinski definition) is 1. The van der Waals surface area contributed by atoms with Crippen LogP contribution in [0.25, 0.3) is 66.8 Å². The number of aromatic nitrogens is 1. The van der Waals surface area contributed by atoms with E-state index in [0.29, 0.717) is 0 Å². The number of nitrogens with zero attached hydrogens (tertiary/aromatic N) is 2. The number of benzene rings is 7. The molecule has 1 aromatic heterocycles. The highest BCUT2D eigenvalue weighted by Gasteiger charge is 2.23. The van der Waals surface area contributed by atoms with Gasteiger partial charge in [-0.3, -0.25) is 0 Å². The van der Waals surface area contributed by atoms with Crippen LogP contribution in [0, 0.1) is 0 Å². The molecule has 0 spiro atoms. The standard InChI is InChI=1S/C52H40N2/c1-37-15-6-3-11-23-50-48-34-31-43(41-27-25-39(26-28-41)40-29-32-45(33-30-40)53(2)44-19-9-5-10-20-44)36-51(48)54(52(50)49-24-13-12-22-47(37)49)46-21-14-18-42(35-46)38-16-7-4-8-17-38/h3-22,24-36H,1,23H2,2H3/b11-3-,15-6-. The number of hydrogen-bond donors (Lipinski definition) is 0. The molecular weight excluding hydrogens is 653 g/mol. The fourth-order valence-electron chi connectivity index (χ4n) is 7.78. The second kappa shape index (κ2) is 14.3. The molecule has 1 aliphatic rings. The van der Waals surface area contributed by atoms with E-state index in [2.05, 4.69) is 223 Å². The van der Waals surface area contributed by atoms with Crippen molar-refractivity contribution in [3.63, 3.8) is 0 Å². The normalized spacial score (nSPS) is 13.5. The summed E-state index contributed by atoms with van der Waals surface area (Å²) in [6.45, 7) is 4.49. The molecule has 0 atom stereocenters. The van der Waals surface area contributed by atoms with Crippen LogP contribution < -0.4 is 4.90 Å². The third-order valence-corrected chi connectivity index (χ3v) is 10.6. The van der Waals surface area contributed by atoms with Gasteiger partial charge in [0, 0.05) is 35.1 Å². The van der Waals surface area contributed by atoms with Gasteiger partial charge in [0.1, 0.15) is 0 Å². The molecule has 2 heteroatoms. The van der Waals surface area contributed by atoms with Gasteiger partial charge < -0.3 is 9.47 Å². The molecule has 0 saturated heterocycles.